The first-order valence-electron chi connectivity index (χ1n) is 20.8. The van der Waals surface area contributed by atoms with Crippen molar-refractivity contribution < 1.29 is 0 Å². The Kier molecular flexibility index (Phi) is 9.18. The third kappa shape index (κ3) is 6.42. The van der Waals surface area contributed by atoms with Crippen molar-refractivity contribution >= 4 is 28.8 Å². The van der Waals surface area contributed by atoms with E-state index in [4.69, 9.17) is 15.0 Å². The average Bonchev–Trinajstić information content (AvgIpc) is 3.66. The van der Waals surface area contributed by atoms with Gasteiger partial charge in [0.15, 0.2) is 25.5 Å². The first kappa shape index (κ1) is 36.3. The van der Waals surface area contributed by atoms with Crippen molar-refractivity contribution in [2.45, 2.75) is 0 Å². The summed E-state index contributed by atoms with van der Waals surface area (Å²) >= 11 is 0. The number of hydrogen-bond acceptors (Lipinski definition) is 3. The number of nitrogens with zero attached hydrogens (tertiary/aromatic N) is 3. The van der Waals surface area contributed by atoms with Gasteiger partial charge < -0.3 is 0 Å². The molecule has 286 valence electrons. The molecular weight excluding hydrogens is 755 g/mol. The molecule has 1 aliphatic rings. The fourth-order valence-electron chi connectivity index (χ4n) is 9.22. The summed E-state index contributed by atoms with van der Waals surface area (Å²) in [5, 5.41) is 5.45. The normalized spacial score (nSPS) is 12.4. The summed E-state index contributed by atoms with van der Waals surface area (Å²) < 4.78 is 0. The highest BCUT2D eigenvalue weighted by Gasteiger charge is 2.49. The van der Waals surface area contributed by atoms with Gasteiger partial charge in [-0.3, -0.25) is 0 Å². The standard InChI is InChI=1S/C57H39N3Si/c1-6-19-40(20-7-1)45-37-46(41-21-8-2-9-22-41)39-47(38-45)42-33-35-44(36-34-42)56-58-55(43-23-10-3-11-24-43)59-57(60-56)51-30-18-32-53-54(51)50-29-16-17-31-52(50)61(53,48-25-12-4-13-26-48)49-27-14-5-15-28-49/h1-39H. The molecule has 4 heteroatoms. The van der Waals surface area contributed by atoms with Crippen LogP contribution >= 0.6 is 0 Å². The molecular formula is C57H39N3Si. The Labute approximate surface area is 357 Å². The van der Waals surface area contributed by atoms with Gasteiger partial charge >= 0.3 is 0 Å². The van der Waals surface area contributed by atoms with Crippen molar-refractivity contribution in [2.24, 2.45) is 0 Å². The lowest BCUT2D eigenvalue weighted by atomic mass is 9.93. The van der Waals surface area contributed by atoms with Gasteiger partial charge in [0.1, 0.15) is 0 Å². The van der Waals surface area contributed by atoms with E-state index < -0.39 is 8.07 Å². The maximum Gasteiger partial charge on any atom is 0.180 e. The van der Waals surface area contributed by atoms with E-state index in [1.165, 1.54) is 54.1 Å². The average molecular weight is 794 g/mol. The highest BCUT2D eigenvalue weighted by atomic mass is 28.3. The molecule has 0 fully saturated rings. The van der Waals surface area contributed by atoms with Gasteiger partial charge in [-0.25, -0.2) is 15.0 Å². The molecule has 0 N–H and O–H groups in total. The second kappa shape index (κ2) is 15.4. The molecule has 1 aliphatic heterocycles. The number of benzene rings is 9. The molecule has 2 heterocycles. The molecule has 0 aliphatic carbocycles. The predicted molar refractivity (Wildman–Crippen MR) is 255 cm³/mol. The van der Waals surface area contributed by atoms with Crippen LogP contribution in [0.5, 0.6) is 0 Å². The minimum Gasteiger partial charge on any atom is -0.208 e. The Morgan fingerprint density at radius 1 is 0.246 bits per heavy atom. The molecule has 0 amide bonds. The fourth-order valence-corrected chi connectivity index (χ4v) is 14.4. The third-order valence-corrected chi connectivity index (χ3v) is 16.9. The van der Waals surface area contributed by atoms with Crippen LogP contribution in [-0.2, 0) is 0 Å². The lowest BCUT2D eigenvalue weighted by molar-refractivity contribution is 1.07. The van der Waals surface area contributed by atoms with E-state index in [1.54, 1.807) is 0 Å². The summed E-state index contributed by atoms with van der Waals surface area (Å²) in [6.07, 6.45) is 0. The van der Waals surface area contributed by atoms with Crippen LogP contribution in [0.4, 0.5) is 0 Å². The third-order valence-electron chi connectivity index (χ3n) is 12.0. The zero-order valence-corrected chi connectivity index (χ0v) is 34.4. The zero-order valence-electron chi connectivity index (χ0n) is 33.4. The van der Waals surface area contributed by atoms with Gasteiger partial charge in [0.05, 0.1) is 0 Å². The number of rotatable bonds is 8. The summed E-state index contributed by atoms with van der Waals surface area (Å²) in [4.78, 5) is 15.8. The monoisotopic (exact) mass is 793 g/mol. The molecule has 3 nitrogen and oxygen atoms in total. The van der Waals surface area contributed by atoms with Crippen LogP contribution in [0, 0.1) is 0 Å². The highest BCUT2D eigenvalue weighted by molar-refractivity contribution is 7.22. The maximum absolute atomic E-state index is 5.35. The minimum absolute atomic E-state index is 0.636. The molecule has 0 bridgehead atoms. The van der Waals surface area contributed by atoms with Crippen LogP contribution in [0.25, 0.3) is 78.7 Å². The highest BCUT2D eigenvalue weighted by Crippen LogP contribution is 2.38. The summed E-state index contributed by atoms with van der Waals surface area (Å²) in [6, 6.07) is 84.9. The van der Waals surface area contributed by atoms with Crippen molar-refractivity contribution in [3.63, 3.8) is 0 Å². The SMILES string of the molecule is c1ccc(-c2cc(-c3ccccc3)cc(-c3ccc(-c4nc(-c5ccccc5)nc(-c5cccc6c5-c5ccccc5[Si]6(c5ccccc5)c5ccccc5)n4)cc3)c2)cc1. The van der Waals surface area contributed by atoms with Crippen LogP contribution < -0.4 is 20.7 Å². The van der Waals surface area contributed by atoms with Crippen molar-refractivity contribution in [1.82, 2.24) is 15.0 Å². The van der Waals surface area contributed by atoms with Gasteiger partial charge in [-0.2, -0.15) is 0 Å². The molecule has 0 unspecified atom stereocenters. The molecule has 1 aromatic heterocycles. The number of aromatic nitrogens is 3. The summed E-state index contributed by atoms with van der Waals surface area (Å²) in [5.41, 5.74) is 12.3. The quantitative estimate of drug-likeness (QED) is 0.144. The Bertz CT molecular complexity index is 3060. The van der Waals surface area contributed by atoms with E-state index in [-0.39, 0.29) is 0 Å². The molecule has 11 rings (SSSR count). The Hall–Kier alpha value is -7.79. The molecule has 0 spiro atoms. The van der Waals surface area contributed by atoms with Gasteiger partial charge in [0, 0.05) is 16.7 Å². The largest absolute Gasteiger partial charge is 0.208 e. The molecule has 10 aromatic rings. The van der Waals surface area contributed by atoms with Crippen LogP contribution in [0.1, 0.15) is 0 Å². The number of hydrogen-bond donors (Lipinski definition) is 0. The van der Waals surface area contributed by atoms with Crippen LogP contribution in [-0.4, -0.2) is 23.0 Å². The van der Waals surface area contributed by atoms with Gasteiger partial charge in [-0.15, -0.1) is 0 Å². The van der Waals surface area contributed by atoms with E-state index in [1.807, 2.05) is 18.2 Å². The molecule has 9 aromatic carbocycles. The molecule has 0 saturated heterocycles. The van der Waals surface area contributed by atoms with E-state index in [2.05, 4.69) is 218 Å². The van der Waals surface area contributed by atoms with Gasteiger partial charge in [0.2, 0.25) is 0 Å². The van der Waals surface area contributed by atoms with E-state index >= 15 is 0 Å². The zero-order chi connectivity index (χ0) is 40.6. The van der Waals surface area contributed by atoms with Crippen molar-refractivity contribution in [3.8, 4) is 78.7 Å². The maximum atomic E-state index is 5.35. The lowest BCUT2D eigenvalue weighted by Crippen LogP contribution is -2.72. The second-order valence-electron chi connectivity index (χ2n) is 15.5. The van der Waals surface area contributed by atoms with Gasteiger partial charge in [-0.05, 0) is 83.5 Å². The molecule has 0 saturated carbocycles. The van der Waals surface area contributed by atoms with Gasteiger partial charge in [-0.1, -0.05) is 218 Å². The number of fused-ring (bicyclic) bond motifs is 3. The Morgan fingerprint density at radius 2 is 0.607 bits per heavy atom. The second-order valence-corrected chi connectivity index (χ2v) is 19.3. The topological polar surface area (TPSA) is 38.7 Å². The molecule has 0 radical (unpaired) electrons. The summed E-state index contributed by atoms with van der Waals surface area (Å²) in [7, 11) is -2.71. The van der Waals surface area contributed by atoms with E-state index in [0.29, 0.717) is 17.5 Å². The van der Waals surface area contributed by atoms with E-state index in [0.717, 1.165) is 27.8 Å². The van der Waals surface area contributed by atoms with Crippen molar-refractivity contribution in [2.75, 3.05) is 0 Å². The fraction of sp³-hybridized carbons (Fsp3) is 0. The predicted octanol–water partition coefficient (Wildman–Crippen LogP) is 11.2. The summed E-state index contributed by atoms with van der Waals surface area (Å²) in [5.74, 6) is 1.94. The summed E-state index contributed by atoms with van der Waals surface area (Å²) in [6.45, 7) is 0. The van der Waals surface area contributed by atoms with Crippen molar-refractivity contribution in [3.05, 3.63) is 237 Å². The molecule has 61 heavy (non-hydrogen) atoms. The minimum atomic E-state index is -2.71. The van der Waals surface area contributed by atoms with E-state index in [9.17, 15) is 0 Å². The first-order valence-corrected chi connectivity index (χ1v) is 22.8. The first-order chi connectivity index (χ1) is 30.2. The van der Waals surface area contributed by atoms with Crippen LogP contribution in [0.3, 0.4) is 0 Å². The van der Waals surface area contributed by atoms with Crippen molar-refractivity contribution in [1.29, 1.82) is 0 Å². The molecule has 0 atom stereocenters. The van der Waals surface area contributed by atoms with Crippen LogP contribution in [0.15, 0.2) is 237 Å². The lowest BCUT2D eigenvalue weighted by Gasteiger charge is -2.31. The Morgan fingerprint density at radius 3 is 1.13 bits per heavy atom. The van der Waals surface area contributed by atoms with Crippen LogP contribution in [0.2, 0.25) is 0 Å². The smallest absolute Gasteiger partial charge is 0.180 e. The van der Waals surface area contributed by atoms with Gasteiger partial charge in [0.25, 0.3) is 0 Å². The Balaban J connectivity index is 1.07.